The zero-order chi connectivity index (χ0) is 26.6. The number of nitrogens with zero attached hydrogens (tertiary/aromatic N) is 3. The molecule has 8 rings (SSSR count). The molecule has 0 bridgehead atoms. The average Bonchev–Trinajstić information content (AvgIpc) is 3.54. The molecule has 0 fully saturated rings. The Morgan fingerprint density at radius 1 is 0.375 bits per heavy atom. The highest BCUT2D eigenvalue weighted by molar-refractivity contribution is 6.24. The molecule has 0 atom stereocenters. The molecular weight excluding hydrogens is 501 g/mol. The summed E-state index contributed by atoms with van der Waals surface area (Å²) in [5, 5.41) is 5.05. The lowest BCUT2D eigenvalue weighted by Crippen LogP contribution is -2.11. The quantitative estimate of drug-likeness (QED) is 0.209. The lowest BCUT2D eigenvalue weighted by Gasteiger charge is -2.22. The van der Waals surface area contributed by atoms with Crippen LogP contribution in [0.1, 0.15) is 0 Å². The third-order valence-electron chi connectivity index (χ3n) is 7.96. The standard InChI is InChI=1S/C36H24N3.Al.H/c1-3-11-27(12-4-1)38-33-17-9-7-15-29(33)31-23-25(19-21-35(31)38)37-26-20-22-36-32(24-26)30-16-8-10-18-34(30)39(36)28-13-5-2-6-14-28;;/h1-24H;;/q-1;+1;. The van der Waals surface area contributed by atoms with E-state index in [4.69, 9.17) is 0 Å². The van der Waals surface area contributed by atoms with E-state index in [1.165, 1.54) is 66.4 Å². The van der Waals surface area contributed by atoms with E-state index >= 15 is 0 Å². The van der Waals surface area contributed by atoms with E-state index in [0.29, 0.717) is 0 Å². The summed E-state index contributed by atoms with van der Waals surface area (Å²) in [5.41, 5.74) is 9.58. The minimum Gasteiger partial charge on any atom is -0.446 e. The maximum atomic E-state index is 2.36. The Bertz CT molecular complexity index is 2020. The lowest BCUT2D eigenvalue weighted by molar-refractivity contribution is 1.18. The number of benzene rings is 6. The van der Waals surface area contributed by atoms with Gasteiger partial charge < -0.3 is 13.0 Å². The summed E-state index contributed by atoms with van der Waals surface area (Å²) in [4.78, 5) is 0. The molecule has 2 heterocycles. The summed E-state index contributed by atoms with van der Waals surface area (Å²) in [6.45, 7) is 0. The van der Waals surface area contributed by atoms with Gasteiger partial charge in [0.25, 0.3) is 0 Å². The highest BCUT2D eigenvalue weighted by Crippen LogP contribution is 2.38. The van der Waals surface area contributed by atoms with Crippen LogP contribution < -0.4 is 3.88 Å². The minimum absolute atomic E-state index is 1.17. The van der Waals surface area contributed by atoms with E-state index in [0.717, 1.165) is 0 Å². The molecule has 0 saturated carbocycles. The van der Waals surface area contributed by atoms with Gasteiger partial charge in [0.15, 0.2) is 0 Å². The SMILES string of the molecule is [AlH][N](c1ccc2c(c1)c1ccccc1n2-c1ccccc1)c1ccc2c(c1)c1ccccc1n2-c1ccccc1. The Hall–Kier alpha value is -4.75. The molecule has 0 N–H and O–H groups in total. The first-order chi connectivity index (χ1) is 19.8. The van der Waals surface area contributed by atoms with Crippen LogP contribution in [0.15, 0.2) is 146 Å². The number of anilines is 2. The number of para-hydroxylation sites is 4. The molecule has 3 nitrogen and oxygen atoms in total. The van der Waals surface area contributed by atoms with Gasteiger partial charge in [-0.15, -0.1) is 0 Å². The maximum Gasteiger partial charge on any atom is 0.349 e. The second-order valence-electron chi connectivity index (χ2n) is 10.2. The molecule has 40 heavy (non-hydrogen) atoms. The molecule has 8 aromatic rings. The van der Waals surface area contributed by atoms with Gasteiger partial charge in [0.2, 0.25) is 0 Å². The van der Waals surface area contributed by atoms with E-state index in [1.54, 1.807) is 0 Å². The van der Waals surface area contributed by atoms with Crippen LogP contribution in [-0.2, 0) is 0 Å². The van der Waals surface area contributed by atoms with Crippen LogP contribution >= 0.6 is 0 Å². The third kappa shape index (κ3) is 3.51. The molecule has 2 aromatic heterocycles. The zero-order valence-electron chi connectivity index (χ0n) is 21.9. The minimum atomic E-state index is 1.17. The van der Waals surface area contributed by atoms with Crippen molar-refractivity contribution in [2.75, 3.05) is 3.88 Å². The van der Waals surface area contributed by atoms with Gasteiger partial charge >= 0.3 is 16.5 Å². The fourth-order valence-corrected chi connectivity index (χ4v) is 6.51. The fourth-order valence-electron chi connectivity index (χ4n) is 6.12. The second-order valence-corrected chi connectivity index (χ2v) is 10.8. The molecule has 0 aliphatic heterocycles. The predicted octanol–water partition coefficient (Wildman–Crippen LogP) is 8.83. The first kappa shape index (κ1) is 23.2. The highest BCUT2D eigenvalue weighted by Gasteiger charge is 2.16. The van der Waals surface area contributed by atoms with Crippen molar-refractivity contribution in [1.29, 1.82) is 0 Å². The molecular formula is C36H25AlN3. The van der Waals surface area contributed by atoms with Crippen LogP contribution in [0.2, 0.25) is 0 Å². The summed E-state index contributed by atoms with van der Waals surface area (Å²) in [6.07, 6.45) is 0. The molecule has 0 saturated heterocycles. The average molecular weight is 527 g/mol. The van der Waals surface area contributed by atoms with Gasteiger partial charge in [-0.1, -0.05) is 72.8 Å². The smallest absolute Gasteiger partial charge is 0.349 e. The van der Waals surface area contributed by atoms with E-state index in [2.05, 4.69) is 159 Å². The molecule has 0 unspecified atom stereocenters. The molecule has 0 amide bonds. The Morgan fingerprint density at radius 3 is 1.20 bits per heavy atom. The van der Waals surface area contributed by atoms with E-state index in [-0.39, 0.29) is 0 Å². The van der Waals surface area contributed by atoms with Crippen LogP contribution in [0.3, 0.4) is 0 Å². The van der Waals surface area contributed by atoms with Crippen molar-refractivity contribution in [2.24, 2.45) is 0 Å². The molecule has 1 radical (unpaired) electrons. The number of hydrogen-bond acceptors (Lipinski definition) is 1. The Kier molecular flexibility index (Phi) is 5.31. The van der Waals surface area contributed by atoms with Crippen molar-refractivity contribution in [3.05, 3.63) is 146 Å². The normalized spacial score (nSPS) is 11.6. The van der Waals surface area contributed by atoms with Crippen molar-refractivity contribution in [3.63, 3.8) is 0 Å². The summed E-state index contributed by atoms with van der Waals surface area (Å²) in [5.74, 6) is 0. The molecule has 0 aliphatic rings. The van der Waals surface area contributed by atoms with Gasteiger partial charge in [0, 0.05) is 44.3 Å². The molecule has 187 valence electrons. The molecule has 6 aromatic carbocycles. The third-order valence-corrected chi connectivity index (χ3v) is 8.69. The maximum absolute atomic E-state index is 2.36. The van der Waals surface area contributed by atoms with E-state index in [1.807, 2.05) is 16.5 Å². The topological polar surface area (TPSA) is 13.1 Å². The molecule has 4 heteroatoms. The van der Waals surface area contributed by atoms with Gasteiger partial charge in [-0.25, -0.2) is 0 Å². The highest BCUT2D eigenvalue weighted by atomic mass is 27.1. The second kappa shape index (κ2) is 9.17. The summed E-state index contributed by atoms with van der Waals surface area (Å²) < 4.78 is 7.05. The first-order valence-corrected chi connectivity index (χ1v) is 14.2. The van der Waals surface area contributed by atoms with Crippen LogP contribution in [0, 0.1) is 0 Å². The van der Waals surface area contributed by atoms with Crippen LogP contribution in [0.25, 0.3) is 55.0 Å². The molecule has 0 aliphatic carbocycles. The van der Waals surface area contributed by atoms with E-state index < -0.39 is 0 Å². The number of aromatic nitrogens is 2. The first-order valence-electron chi connectivity index (χ1n) is 13.6. The van der Waals surface area contributed by atoms with Crippen molar-refractivity contribution >= 4 is 71.5 Å². The van der Waals surface area contributed by atoms with Gasteiger partial charge in [0.05, 0.1) is 22.1 Å². The number of rotatable bonds is 4. The number of hydrogen-bond donors (Lipinski definition) is 0. The Labute approximate surface area is 240 Å². The van der Waals surface area contributed by atoms with Crippen molar-refractivity contribution < 1.29 is 0 Å². The van der Waals surface area contributed by atoms with Gasteiger partial charge in [-0.3, -0.25) is 0 Å². The van der Waals surface area contributed by atoms with Crippen molar-refractivity contribution in [2.45, 2.75) is 0 Å². The Morgan fingerprint density at radius 2 is 0.750 bits per heavy atom. The summed E-state index contributed by atoms with van der Waals surface area (Å²) >= 11 is 1.90. The largest absolute Gasteiger partial charge is 0.446 e. The van der Waals surface area contributed by atoms with Gasteiger partial charge in [-0.2, -0.15) is 0 Å². The Balaban J connectivity index is 1.29. The van der Waals surface area contributed by atoms with Crippen LogP contribution in [0.4, 0.5) is 11.4 Å². The fraction of sp³-hybridized carbons (Fsp3) is 0. The summed E-state index contributed by atoms with van der Waals surface area (Å²) in [6, 6.07) is 52.3. The van der Waals surface area contributed by atoms with E-state index in [9.17, 15) is 0 Å². The van der Waals surface area contributed by atoms with Crippen molar-refractivity contribution in [3.8, 4) is 11.4 Å². The lowest BCUT2D eigenvalue weighted by atomic mass is 10.1. The zero-order valence-corrected chi connectivity index (χ0v) is 23.3. The molecule has 0 spiro atoms. The van der Waals surface area contributed by atoms with Crippen LogP contribution in [0.5, 0.6) is 0 Å². The van der Waals surface area contributed by atoms with Crippen LogP contribution in [-0.4, -0.2) is 25.6 Å². The summed E-state index contributed by atoms with van der Waals surface area (Å²) in [7, 11) is 0. The number of fused-ring (bicyclic) bond motifs is 6. The predicted molar refractivity (Wildman–Crippen MR) is 171 cm³/mol. The van der Waals surface area contributed by atoms with Crippen molar-refractivity contribution in [1.82, 2.24) is 9.13 Å². The monoisotopic (exact) mass is 526 g/mol. The van der Waals surface area contributed by atoms with Gasteiger partial charge in [-0.05, 0) is 72.8 Å². The van der Waals surface area contributed by atoms with Gasteiger partial charge in [0.1, 0.15) is 0 Å².